The third-order valence-electron chi connectivity index (χ3n) is 5.46. The lowest BCUT2D eigenvalue weighted by molar-refractivity contribution is -0.123. The van der Waals surface area contributed by atoms with E-state index in [1.165, 1.54) is 0 Å². The quantitative estimate of drug-likeness (QED) is 0.920. The molecule has 2 fully saturated rings. The fraction of sp³-hybridized carbons (Fsp3) is 0.579. The Morgan fingerprint density at radius 3 is 2.92 bits per heavy atom. The van der Waals surface area contributed by atoms with E-state index in [1.807, 2.05) is 6.92 Å². The first-order valence-electron chi connectivity index (χ1n) is 8.85. The number of hydrogen-bond donors (Lipinski definition) is 1. The number of halogens is 1. The minimum atomic E-state index is -0.437. The molecule has 0 spiro atoms. The van der Waals surface area contributed by atoms with Gasteiger partial charge in [-0.05, 0) is 50.7 Å². The molecule has 2 unspecified atom stereocenters. The molecule has 1 aromatic carbocycles. The average Bonchev–Trinajstić information content (AvgIpc) is 3.07. The molecule has 130 valence electrons. The van der Waals surface area contributed by atoms with Gasteiger partial charge in [0.15, 0.2) is 0 Å². The Labute approximate surface area is 142 Å². The van der Waals surface area contributed by atoms with Crippen LogP contribution < -0.4 is 5.32 Å². The first kappa shape index (κ1) is 16.9. The summed E-state index contributed by atoms with van der Waals surface area (Å²) < 4.78 is 14.3. The van der Waals surface area contributed by atoms with Crippen LogP contribution in [0.15, 0.2) is 18.2 Å². The van der Waals surface area contributed by atoms with E-state index in [4.69, 9.17) is 0 Å². The van der Waals surface area contributed by atoms with Gasteiger partial charge in [-0.2, -0.15) is 0 Å². The second-order valence-corrected chi connectivity index (χ2v) is 7.05. The average molecular weight is 332 g/mol. The molecule has 0 aromatic heterocycles. The molecule has 4 nitrogen and oxygen atoms in total. The molecule has 2 amide bonds. The molecule has 0 radical (unpaired) electrons. The van der Waals surface area contributed by atoms with E-state index < -0.39 is 5.82 Å². The standard InChI is InChI=1S/C19H25FN2O2/c1-3-6-16(23)21-19-10-5-9-15(19)22(12-11-19)18(24)14-8-4-7-13(2)17(14)20/h4,7-8,15H,3,5-6,9-12H2,1-2H3,(H,21,23). The summed E-state index contributed by atoms with van der Waals surface area (Å²) in [6.07, 6.45) is 4.82. The Kier molecular flexibility index (Phi) is 4.61. The molecule has 1 saturated heterocycles. The minimum absolute atomic E-state index is 0.0225. The third-order valence-corrected chi connectivity index (χ3v) is 5.46. The van der Waals surface area contributed by atoms with Crippen molar-refractivity contribution in [3.05, 3.63) is 35.1 Å². The van der Waals surface area contributed by atoms with Gasteiger partial charge >= 0.3 is 0 Å². The summed E-state index contributed by atoms with van der Waals surface area (Å²) in [5.41, 5.74) is 0.300. The van der Waals surface area contributed by atoms with Crippen molar-refractivity contribution in [3.8, 4) is 0 Å². The molecule has 2 aliphatic rings. The molecule has 2 atom stereocenters. The monoisotopic (exact) mass is 332 g/mol. The first-order chi connectivity index (χ1) is 11.5. The molecule has 1 saturated carbocycles. The van der Waals surface area contributed by atoms with Crippen LogP contribution in [-0.4, -0.2) is 34.8 Å². The largest absolute Gasteiger partial charge is 0.349 e. The lowest BCUT2D eigenvalue weighted by Crippen LogP contribution is -2.54. The number of rotatable bonds is 4. The Morgan fingerprint density at radius 1 is 1.38 bits per heavy atom. The summed E-state index contributed by atoms with van der Waals surface area (Å²) in [5, 5.41) is 3.19. The van der Waals surface area contributed by atoms with Crippen molar-refractivity contribution in [2.75, 3.05) is 6.54 Å². The summed E-state index contributed by atoms with van der Waals surface area (Å²) in [4.78, 5) is 26.8. The van der Waals surface area contributed by atoms with E-state index in [2.05, 4.69) is 5.32 Å². The normalized spacial score (nSPS) is 25.6. The topological polar surface area (TPSA) is 49.4 Å². The lowest BCUT2D eigenvalue weighted by atomic mass is 9.92. The minimum Gasteiger partial charge on any atom is -0.349 e. The van der Waals surface area contributed by atoms with Crippen molar-refractivity contribution in [3.63, 3.8) is 0 Å². The third kappa shape index (κ3) is 2.80. The molecule has 1 heterocycles. The fourth-order valence-electron chi connectivity index (χ4n) is 4.26. The van der Waals surface area contributed by atoms with Crippen LogP contribution in [0, 0.1) is 12.7 Å². The second-order valence-electron chi connectivity index (χ2n) is 7.05. The molecule has 0 bridgehead atoms. The fourth-order valence-corrected chi connectivity index (χ4v) is 4.26. The number of likely N-dealkylation sites (tertiary alicyclic amines) is 1. The zero-order valence-corrected chi connectivity index (χ0v) is 14.4. The highest BCUT2D eigenvalue weighted by Gasteiger charge is 2.52. The summed E-state index contributed by atoms with van der Waals surface area (Å²) in [6, 6.07) is 4.91. The van der Waals surface area contributed by atoms with Gasteiger partial charge in [-0.15, -0.1) is 0 Å². The molecule has 1 aromatic rings. The van der Waals surface area contributed by atoms with E-state index in [-0.39, 0.29) is 29.0 Å². The number of amides is 2. The number of fused-ring (bicyclic) bond motifs is 1. The van der Waals surface area contributed by atoms with Crippen molar-refractivity contribution < 1.29 is 14.0 Å². The van der Waals surface area contributed by atoms with Gasteiger partial charge in [0.05, 0.1) is 17.1 Å². The number of hydrogen-bond acceptors (Lipinski definition) is 2. The molecule has 3 rings (SSSR count). The number of carbonyl (C=O) groups is 2. The highest BCUT2D eigenvalue weighted by Crippen LogP contribution is 2.42. The van der Waals surface area contributed by atoms with E-state index in [1.54, 1.807) is 30.0 Å². The zero-order valence-electron chi connectivity index (χ0n) is 14.4. The van der Waals surface area contributed by atoms with Gasteiger partial charge in [0.2, 0.25) is 5.91 Å². The summed E-state index contributed by atoms with van der Waals surface area (Å²) in [6.45, 7) is 4.22. The van der Waals surface area contributed by atoms with Crippen LogP contribution in [-0.2, 0) is 4.79 Å². The molecule has 1 aliphatic carbocycles. The number of carbonyl (C=O) groups excluding carboxylic acids is 2. The van der Waals surface area contributed by atoms with Crippen LogP contribution in [0.2, 0.25) is 0 Å². The number of benzene rings is 1. The summed E-state index contributed by atoms with van der Waals surface area (Å²) in [7, 11) is 0. The van der Waals surface area contributed by atoms with Gasteiger partial charge in [-0.25, -0.2) is 4.39 Å². The maximum Gasteiger partial charge on any atom is 0.257 e. The number of aryl methyl sites for hydroxylation is 1. The van der Waals surface area contributed by atoms with Gasteiger partial charge in [-0.3, -0.25) is 9.59 Å². The van der Waals surface area contributed by atoms with Gasteiger partial charge < -0.3 is 10.2 Å². The second kappa shape index (κ2) is 6.54. The maximum absolute atomic E-state index is 14.3. The van der Waals surface area contributed by atoms with Crippen molar-refractivity contribution in [2.45, 2.75) is 64.0 Å². The van der Waals surface area contributed by atoms with Gasteiger partial charge in [0, 0.05) is 13.0 Å². The van der Waals surface area contributed by atoms with E-state index in [9.17, 15) is 14.0 Å². The maximum atomic E-state index is 14.3. The van der Waals surface area contributed by atoms with E-state index in [0.717, 1.165) is 32.1 Å². The van der Waals surface area contributed by atoms with Crippen LogP contribution in [0.4, 0.5) is 4.39 Å². The SMILES string of the molecule is CCCC(=O)NC12CCCC1N(C(=O)c1cccc(C)c1F)CC2. The Morgan fingerprint density at radius 2 is 2.17 bits per heavy atom. The van der Waals surface area contributed by atoms with Gasteiger partial charge in [-0.1, -0.05) is 19.1 Å². The van der Waals surface area contributed by atoms with Gasteiger partial charge in [0.25, 0.3) is 5.91 Å². The number of nitrogens with zero attached hydrogens (tertiary/aromatic N) is 1. The molecular formula is C19H25FN2O2. The molecule has 24 heavy (non-hydrogen) atoms. The van der Waals surface area contributed by atoms with Gasteiger partial charge in [0.1, 0.15) is 5.82 Å². The van der Waals surface area contributed by atoms with Crippen LogP contribution in [0.5, 0.6) is 0 Å². The van der Waals surface area contributed by atoms with Crippen LogP contribution in [0.1, 0.15) is 61.4 Å². The van der Waals surface area contributed by atoms with Crippen LogP contribution in [0.3, 0.4) is 0 Å². The molecular weight excluding hydrogens is 307 g/mol. The van der Waals surface area contributed by atoms with Crippen molar-refractivity contribution in [1.82, 2.24) is 10.2 Å². The highest BCUT2D eigenvalue weighted by molar-refractivity contribution is 5.95. The van der Waals surface area contributed by atoms with Crippen molar-refractivity contribution >= 4 is 11.8 Å². The van der Waals surface area contributed by atoms with E-state index in [0.29, 0.717) is 18.5 Å². The molecule has 1 aliphatic heterocycles. The zero-order chi connectivity index (χ0) is 17.3. The summed E-state index contributed by atoms with van der Waals surface area (Å²) >= 11 is 0. The van der Waals surface area contributed by atoms with Crippen molar-refractivity contribution in [1.29, 1.82) is 0 Å². The molecule has 5 heteroatoms. The lowest BCUT2D eigenvalue weighted by Gasteiger charge is -2.33. The van der Waals surface area contributed by atoms with Crippen molar-refractivity contribution in [2.24, 2.45) is 0 Å². The Balaban J connectivity index is 1.82. The van der Waals surface area contributed by atoms with Crippen LogP contribution >= 0.6 is 0 Å². The smallest absolute Gasteiger partial charge is 0.257 e. The van der Waals surface area contributed by atoms with Crippen LogP contribution in [0.25, 0.3) is 0 Å². The first-order valence-corrected chi connectivity index (χ1v) is 8.85. The predicted octanol–water partition coefficient (Wildman–Crippen LogP) is 3.19. The summed E-state index contributed by atoms with van der Waals surface area (Å²) in [5.74, 6) is -0.636. The number of nitrogens with one attached hydrogen (secondary N) is 1. The molecule has 1 N–H and O–H groups in total. The highest BCUT2D eigenvalue weighted by atomic mass is 19.1. The Bertz CT molecular complexity index is 661. The predicted molar refractivity (Wildman–Crippen MR) is 90.2 cm³/mol. The Hall–Kier alpha value is -1.91. The van der Waals surface area contributed by atoms with E-state index >= 15 is 0 Å².